The summed E-state index contributed by atoms with van der Waals surface area (Å²) in [5.74, 6) is 0.845. The number of hydrogen-bond donors (Lipinski definition) is 1. The Morgan fingerprint density at radius 1 is 1.26 bits per heavy atom. The van der Waals surface area contributed by atoms with Gasteiger partial charge in [-0.15, -0.1) is 0 Å². The van der Waals surface area contributed by atoms with E-state index in [-0.39, 0.29) is 0 Å². The highest BCUT2D eigenvalue weighted by atomic mass is 32.2. The summed E-state index contributed by atoms with van der Waals surface area (Å²) in [6.07, 6.45) is 4.39. The van der Waals surface area contributed by atoms with Crippen molar-refractivity contribution in [2.45, 2.75) is 43.5 Å². The minimum absolute atomic E-state index is 0.320. The first-order valence-electron chi connectivity index (χ1n) is 8.25. The Balaban J connectivity index is 1.65. The van der Waals surface area contributed by atoms with Crippen LogP contribution in [0.1, 0.15) is 36.8 Å². The van der Waals surface area contributed by atoms with Crippen molar-refractivity contribution < 1.29 is 8.42 Å². The lowest BCUT2D eigenvalue weighted by Crippen LogP contribution is -2.45. The highest BCUT2D eigenvalue weighted by Crippen LogP contribution is 2.28. The molecule has 1 aromatic carbocycles. The van der Waals surface area contributed by atoms with E-state index in [0.29, 0.717) is 35.2 Å². The Morgan fingerprint density at radius 2 is 1.96 bits per heavy atom. The second-order valence-corrected chi connectivity index (χ2v) is 8.53. The van der Waals surface area contributed by atoms with Gasteiger partial charge in [0.05, 0.1) is 16.5 Å². The Labute approximate surface area is 138 Å². The molecule has 1 saturated carbocycles. The predicted molar refractivity (Wildman–Crippen MR) is 88.4 cm³/mol. The molecular weight excluding hydrogens is 310 g/mol. The van der Waals surface area contributed by atoms with Crippen molar-refractivity contribution >= 4 is 10.0 Å². The Bertz CT molecular complexity index is 712. The molecule has 1 N–H and O–H groups in total. The average molecular weight is 333 g/mol. The van der Waals surface area contributed by atoms with Gasteiger partial charge in [0.25, 0.3) is 0 Å². The Morgan fingerprint density at radius 3 is 2.52 bits per heavy atom. The normalized spacial score (nSPS) is 20.3. The van der Waals surface area contributed by atoms with Gasteiger partial charge in [-0.3, -0.25) is 0 Å². The summed E-state index contributed by atoms with van der Waals surface area (Å²) in [5, 5.41) is 12.5. The van der Waals surface area contributed by atoms with Gasteiger partial charge in [0, 0.05) is 19.1 Å². The van der Waals surface area contributed by atoms with E-state index >= 15 is 0 Å². The monoisotopic (exact) mass is 333 g/mol. The summed E-state index contributed by atoms with van der Waals surface area (Å²) in [4.78, 5) is 0.320. The van der Waals surface area contributed by atoms with Crippen LogP contribution in [-0.4, -0.2) is 38.4 Å². The number of hydrogen-bond acceptors (Lipinski definition) is 4. The van der Waals surface area contributed by atoms with Gasteiger partial charge in [-0.1, -0.05) is 0 Å². The first kappa shape index (κ1) is 16.4. The maximum absolute atomic E-state index is 12.8. The van der Waals surface area contributed by atoms with Gasteiger partial charge in [0.2, 0.25) is 10.0 Å². The van der Waals surface area contributed by atoms with Crippen LogP contribution in [0.4, 0.5) is 0 Å². The second-order valence-electron chi connectivity index (χ2n) is 6.62. The van der Waals surface area contributed by atoms with E-state index in [4.69, 9.17) is 5.26 Å². The van der Waals surface area contributed by atoms with Crippen molar-refractivity contribution in [2.75, 3.05) is 19.6 Å². The van der Waals surface area contributed by atoms with E-state index in [0.717, 1.165) is 25.3 Å². The second kappa shape index (κ2) is 6.60. The molecule has 0 atom stereocenters. The molecule has 2 aliphatic rings. The molecule has 1 saturated heterocycles. The van der Waals surface area contributed by atoms with Crippen molar-refractivity contribution in [1.29, 1.82) is 5.26 Å². The summed E-state index contributed by atoms with van der Waals surface area (Å²) in [6, 6.07) is 7.24. The van der Waals surface area contributed by atoms with Gasteiger partial charge in [-0.05, 0) is 68.8 Å². The average Bonchev–Trinajstić information content (AvgIpc) is 3.37. The van der Waals surface area contributed by atoms with Gasteiger partial charge in [0.15, 0.2) is 0 Å². The lowest BCUT2D eigenvalue weighted by atomic mass is 10.1. The number of nitrogens with zero attached hydrogens (tertiary/aromatic N) is 2. The van der Waals surface area contributed by atoms with Crippen LogP contribution in [0.3, 0.4) is 0 Å². The molecule has 1 aliphatic heterocycles. The van der Waals surface area contributed by atoms with E-state index in [1.165, 1.54) is 12.8 Å². The van der Waals surface area contributed by atoms with Crippen LogP contribution in [0.15, 0.2) is 23.1 Å². The van der Waals surface area contributed by atoms with Gasteiger partial charge >= 0.3 is 0 Å². The molecule has 1 aromatic rings. The maximum atomic E-state index is 12.8. The summed E-state index contributed by atoms with van der Waals surface area (Å²) < 4.78 is 27.2. The van der Waals surface area contributed by atoms with Crippen LogP contribution in [0.25, 0.3) is 0 Å². The van der Waals surface area contributed by atoms with E-state index in [1.807, 2.05) is 6.07 Å². The summed E-state index contributed by atoms with van der Waals surface area (Å²) >= 11 is 0. The molecule has 3 rings (SSSR count). The maximum Gasteiger partial charge on any atom is 0.243 e. The predicted octanol–water partition coefficient (Wildman–Crippen LogP) is 2.02. The minimum atomic E-state index is -3.46. The van der Waals surface area contributed by atoms with Crippen molar-refractivity contribution in [3.05, 3.63) is 29.3 Å². The lowest BCUT2D eigenvalue weighted by Gasteiger charge is -2.32. The number of nitrogens with one attached hydrogen (secondary N) is 1. The molecule has 124 valence electrons. The third-order valence-corrected chi connectivity index (χ3v) is 6.83. The largest absolute Gasteiger partial charge is 0.314 e. The number of benzene rings is 1. The van der Waals surface area contributed by atoms with E-state index < -0.39 is 10.0 Å². The van der Waals surface area contributed by atoms with Crippen LogP contribution in [0.5, 0.6) is 0 Å². The van der Waals surface area contributed by atoms with Gasteiger partial charge in [-0.2, -0.15) is 9.57 Å². The van der Waals surface area contributed by atoms with Crippen molar-refractivity contribution in [1.82, 2.24) is 9.62 Å². The van der Waals surface area contributed by atoms with Crippen molar-refractivity contribution in [3.8, 4) is 6.07 Å². The molecule has 0 radical (unpaired) electrons. The number of sulfonamides is 1. The van der Waals surface area contributed by atoms with Gasteiger partial charge in [-0.25, -0.2) is 8.42 Å². The molecular formula is C17H23N3O2S. The van der Waals surface area contributed by atoms with Gasteiger partial charge in [0.1, 0.15) is 0 Å². The molecule has 23 heavy (non-hydrogen) atoms. The van der Waals surface area contributed by atoms with Gasteiger partial charge < -0.3 is 5.32 Å². The smallest absolute Gasteiger partial charge is 0.243 e. The SMILES string of the molecule is Cc1cc(C#N)ccc1S(=O)(=O)N1CCC(NCC2CC2)CC1. The molecule has 0 bridgehead atoms. The molecule has 6 heteroatoms. The number of nitriles is 1. The van der Waals surface area contributed by atoms with E-state index in [2.05, 4.69) is 5.32 Å². The molecule has 1 heterocycles. The van der Waals surface area contributed by atoms with Crippen LogP contribution in [0.2, 0.25) is 0 Å². The molecule has 5 nitrogen and oxygen atoms in total. The van der Waals surface area contributed by atoms with Crippen LogP contribution in [0, 0.1) is 24.2 Å². The molecule has 2 fully saturated rings. The number of rotatable bonds is 5. The zero-order valence-corrected chi connectivity index (χ0v) is 14.3. The lowest BCUT2D eigenvalue weighted by molar-refractivity contribution is 0.288. The number of aryl methyl sites for hydroxylation is 1. The fourth-order valence-electron chi connectivity index (χ4n) is 3.10. The van der Waals surface area contributed by atoms with Crippen LogP contribution < -0.4 is 5.32 Å². The zero-order chi connectivity index (χ0) is 16.4. The summed E-state index contributed by atoms with van der Waals surface area (Å²) in [7, 11) is -3.46. The standard InChI is InChI=1S/C17H23N3O2S/c1-13-10-15(11-18)4-5-17(13)23(21,22)20-8-6-16(7-9-20)19-12-14-2-3-14/h4-5,10,14,16,19H,2-3,6-9,12H2,1H3. The first-order valence-corrected chi connectivity index (χ1v) is 9.69. The van der Waals surface area contributed by atoms with E-state index in [9.17, 15) is 8.42 Å². The quantitative estimate of drug-likeness (QED) is 0.895. The zero-order valence-electron chi connectivity index (χ0n) is 13.5. The Kier molecular flexibility index (Phi) is 4.72. The van der Waals surface area contributed by atoms with Crippen molar-refractivity contribution in [3.63, 3.8) is 0 Å². The fourth-order valence-corrected chi connectivity index (χ4v) is 4.78. The van der Waals surface area contributed by atoms with Crippen LogP contribution in [-0.2, 0) is 10.0 Å². The molecule has 1 aliphatic carbocycles. The fraction of sp³-hybridized carbons (Fsp3) is 0.588. The third-order valence-electron chi connectivity index (χ3n) is 4.77. The molecule has 0 spiro atoms. The molecule has 0 amide bonds. The number of piperidine rings is 1. The third kappa shape index (κ3) is 3.74. The van der Waals surface area contributed by atoms with E-state index in [1.54, 1.807) is 29.4 Å². The summed E-state index contributed by atoms with van der Waals surface area (Å²) in [5.41, 5.74) is 1.13. The van der Waals surface area contributed by atoms with Crippen LogP contribution >= 0.6 is 0 Å². The topological polar surface area (TPSA) is 73.2 Å². The highest BCUT2D eigenvalue weighted by Gasteiger charge is 2.31. The highest BCUT2D eigenvalue weighted by molar-refractivity contribution is 7.89. The first-order chi connectivity index (χ1) is 11.0. The Hall–Kier alpha value is -1.42. The molecule has 0 aromatic heterocycles. The minimum Gasteiger partial charge on any atom is -0.314 e. The summed E-state index contributed by atoms with van der Waals surface area (Å²) in [6.45, 7) is 3.94. The van der Waals surface area contributed by atoms with Crippen molar-refractivity contribution in [2.24, 2.45) is 5.92 Å². The molecule has 0 unspecified atom stereocenters.